The number of hydrogen-bond acceptors (Lipinski definition) is 5. The van der Waals surface area contributed by atoms with E-state index in [0.29, 0.717) is 22.6 Å². The predicted octanol–water partition coefficient (Wildman–Crippen LogP) is 5.72. The summed E-state index contributed by atoms with van der Waals surface area (Å²) < 4.78 is 71.2. The molecule has 0 amide bonds. The minimum Gasteiger partial charge on any atom is -0.482 e. The van der Waals surface area contributed by atoms with Crippen LogP contribution >= 0.6 is 0 Å². The SMILES string of the molecule is C/C=C1/CN(S(=O)(=O)C(C)C)Cc2[nH]c(-c3ccncc3OCC(F)(F)F)c(Nc3ccccc3)c21. The molecule has 0 bridgehead atoms. The van der Waals surface area contributed by atoms with Crippen molar-refractivity contribution in [2.45, 2.75) is 38.7 Å². The summed E-state index contributed by atoms with van der Waals surface area (Å²) in [5.41, 5.74) is 4.42. The molecule has 0 saturated carbocycles. The number of sulfonamides is 1. The second-order valence-electron chi connectivity index (χ2n) is 8.67. The Kier molecular flexibility index (Phi) is 7.14. The fourth-order valence-electron chi connectivity index (χ4n) is 4.09. The van der Waals surface area contributed by atoms with E-state index in [4.69, 9.17) is 4.74 Å². The normalized spacial score (nSPS) is 15.8. The standard InChI is InChI=1S/C25H27F3N4O3S/c1-4-17-13-32(36(33,34)16(2)3)14-20-22(17)24(30-18-8-6-5-7-9-18)23(31-20)19-10-11-29-12-21(19)35-15-25(26,27)28/h4-12,16,30-31H,13-15H2,1-3H3/b17-4-. The van der Waals surface area contributed by atoms with Gasteiger partial charge in [0, 0.05) is 35.2 Å². The van der Waals surface area contributed by atoms with Crippen molar-refractivity contribution < 1.29 is 26.3 Å². The van der Waals surface area contributed by atoms with Crippen molar-refractivity contribution in [3.63, 3.8) is 0 Å². The van der Waals surface area contributed by atoms with E-state index in [1.807, 2.05) is 43.3 Å². The maximum atomic E-state index is 13.0. The highest BCUT2D eigenvalue weighted by Crippen LogP contribution is 2.44. The molecule has 1 aromatic carbocycles. The third-order valence-corrected chi connectivity index (χ3v) is 8.04. The van der Waals surface area contributed by atoms with Crippen LogP contribution in [0.15, 0.2) is 54.9 Å². The molecule has 0 fully saturated rings. The second kappa shape index (κ2) is 9.98. The van der Waals surface area contributed by atoms with E-state index in [0.717, 1.165) is 16.8 Å². The van der Waals surface area contributed by atoms with Crippen LogP contribution in [0.4, 0.5) is 24.5 Å². The molecule has 1 aliphatic rings. The van der Waals surface area contributed by atoms with Crippen LogP contribution in [0.25, 0.3) is 16.8 Å². The summed E-state index contributed by atoms with van der Waals surface area (Å²) in [6, 6.07) is 10.9. The summed E-state index contributed by atoms with van der Waals surface area (Å²) >= 11 is 0. The Morgan fingerprint density at radius 2 is 1.92 bits per heavy atom. The summed E-state index contributed by atoms with van der Waals surface area (Å²) in [5, 5.41) is 2.78. The Morgan fingerprint density at radius 3 is 2.56 bits per heavy atom. The van der Waals surface area contributed by atoms with Crippen LogP contribution in [0.1, 0.15) is 32.0 Å². The van der Waals surface area contributed by atoms with E-state index in [1.54, 1.807) is 19.9 Å². The number of nitrogens with zero attached hydrogens (tertiary/aromatic N) is 2. The number of nitrogens with one attached hydrogen (secondary N) is 2. The van der Waals surface area contributed by atoms with Gasteiger partial charge in [0.25, 0.3) is 0 Å². The van der Waals surface area contributed by atoms with Crippen molar-refractivity contribution in [3.8, 4) is 17.0 Å². The number of alkyl halides is 3. The van der Waals surface area contributed by atoms with Gasteiger partial charge in [-0.3, -0.25) is 4.98 Å². The summed E-state index contributed by atoms with van der Waals surface area (Å²) in [7, 11) is -3.55. The molecule has 1 aliphatic heterocycles. The van der Waals surface area contributed by atoms with Gasteiger partial charge in [-0.2, -0.15) is 17.5 Å². The highest BCUT2D eigenvalue weighted by Gasteiger charge is 2.35. The van der Waals surface area contributed by atoms with Gasteiger partial charge in [-0.15, -0.1) is 0 Å². The van der Waals surface area contributed by atoms with E-state index in [2.05, 4.69) is 15.3 Å². The number of rotatable bonds is 7. The molecule has 2 aromatic heterocycles. The Morgan fingerprint density at radius 1 is 1.19 bits per heavy atom. The van der Waals surface area contributed by atoms with Crippen molar-refractivity contribution in [2.24, 2.45) is 0 Å². The summed E-state index contributed by atoms with van der Waals surface area (Å²) in [4.78, 5) is 7.22. The molecule has 0 saturated heterocycles. The minimum atomic E-state index is -4.52. The number of para-hydroxylation sites is 1. The number of allylic oxidation sites excluding steroid dienone is 1. The lowest BCUT2D eigenvalue weighted by atomic mass is 9.99. The van der Waals surface area contributed by atoms with Crippen LogP contribution in [-0.2, 0) is 16.6 Å². The fourth-order valence-corrected chi connectivity index (χ4v) is 5.32. The third-order valence-electron chi connectivity index (χ3n) is 5.87. The number of ether oxygens (including phenoxy) is 1. The van der Waals surface area contributed by atoms with Crippen LogP contribution in [0.2, 0.25) is 0 Å². The van der Waals surface area contributed by atoms with Crippen LogP contribution in [0, 0.1) is 0 Å². The van der Waals surface area contributed by atoms with Crippen molar-refractivity contribution in [1.82, 2.24) is 14.3 Å². The van der Waals surface area contributed by atoms with Crippen LogP contribution in [0.5, 0.6) is 5.75 Å². The number of benzene rings is 1. The van der Waals surface area contributed by atoms with Crippen molar-refractivity contribution in [1.29, 1.82) is 0 Å². The fraction of sp³-hybridized carbons (Fsp3) is 0.320. The van der Waals surface area contributed by atoms with Gasteiger partial charge in [0.2, 0.25) is 10.0 Å². The first-order chi connectivity index (χ1) is 17.0. The largest absolute Gasteiger partial charge is 0.482 e. The number of aromatic amines is 1. The molecule has 0 radical (unpaired) electrons. The van der Waals surface area contributed by atoms with Gasteiger partial charge in [0.15, 0.2) is 6.61 Å². The zero-order valence-corrected chi connectivity index (χ0v) is 20.9. The lowest BCUT2D eigenvalue weighted by Crippen LogP contribution is -2.39. The van der Waals surface area contributed by atoms with E-state index in [1.165, 1.54) is 16.7 Å². The Labute approximate surface area is 208 Å². The molecule has 0 atom stereocenters. The van der Waals surface area contributed by atoms with Gasteiger partial charge in [-0.25, -0.2) is 8.42 Å². The number of hydrogen-bond donors (Lipinski definition) is 2. The average molecular weight is 521 g/mol. The highest BCUT2D eigenvalue weighted by molar-refractivity contribution is 7.89. The molecule has 11 heteroatoms. The number of fused-ring (bicyclic) bond motifs is 1. The molecule has 0 unspecified atom stereocenters. The maximum absolute atomic E-state index is 13.0. The quantitative estimate of drug-likeness (QED) is 0.416. The zero-order chi connectivity index (χ0) is 26.1. The summed E-state index contributed by atoms with van der Waals surface area (Å²) in [6.07, 6.45) is 0.0343. The van der Waals surface area contributed by atoms with Gasteiger partial charge in [-0.1, -0.05) is 24.3 Å². The summed E-state index contributed by atoms with van der Waals surface area (Å²) in [6.45, 7) is 3.90. The Bertz CT molecular complexity index is 1370. The maximum Gasteiger partial charge on any atom is 0.422 e. The Hall–Kier alpha value is -3.31. The van der Waals surface area contributed by atoms with Gasteiger partial charge >= 0.3 is 6.18 Å². The average Bonchev–Trinajstić information content (AvgIpc) is 3.20. The summed E-state index contributed by atoms with van der Waals surface area (Å²) in [5.74, 6) is -0.0433. The molecular weight excluding hydrogens is 493 g/mol. The lowest BCUT2D eigenvalue weighted by Gasteiger charge is -2.30. The molecule has 7 nitrogen and oxygen atoms in total. The highest BCUT2D eigenvalue weighted by atomic mass is 32.2. The first-order valence-electron chi connectivity index (χ1n) is 11.4. The first-order valence-corrected chi connectivity index (χ1v) is 12.9. The minimum absolute atomic E-state index is 0.0433. The third kappa shape index (κ3) is 5.26. The number of halogens is 3. The molecule has 36 heavy (non-hydrogen) atoms. The lowest BCUT2D eigenvalue weighted by molar-refractivity contribution is -0.153. The molecule has 2 N–H and O–H groups in total. The molecule has 3 aromatic rings. The smallest absolute Gasteiger partial charge is 0.422 e. The molecule has 4 rings (SSSR count). The molecular formula is C25H27F3N4O3S. The van der Waals surface area contributed by atoms with Gasteiger partial charge in [0.1, 0.15) is 5.75 Å². The number of aromatic nitrogens is 2. The van der Waals surface area contributed by atoms with Crippen molar-refractivity contribution in [3.05, 3.63) is 66.1 Å². The Balaban J connectivity index is 1.88. The molecule has 0 aliphatic carbocycles. The monoisotopic (exact) mass is 520 g/mol. The number of H-pyrrole nitrogens is 1. The van der Waals surface area contributed by atoms with Gasteiger partial charge in [0.05, 0.1) is 29.4 Å². The molecule has 3 heterocycles. The molecule has 0 spiro atoms. The zero-order valence-electron chi connectivity index (χ0n) is 20.1. The van der Waals surface area contributed by atoms with Gasteiger partial charge < -0.3 is 15.0 Å². The first kappa shape index (κ1) is 25.8. The topological polar surface area (TPSA) is 87.3 Å². The van der Waals surface area contributed by atoms with E-state index >= 15 is 0 Å². The molecule has 192 valence electrons. The van der Waals surface area contributed by atoms with Crippen molar-refractivity contribution in [2.75, 3.05) is 18.5 Å². The van der Waals surface area contributed by atoms with Gasteiger partial charge in [-0.05, 0) is 44.5 Å². The van der Waals surface area contributed by atoms with E-state index in [-0.39, 0.29) is 18.8 Å². The second-order valence-corrected chi connectivity index (χ2v) is 11.2. The van der Waals surface area contributed by atoms with Crippen LogP contribution < -0.4 is 10.1 Å². The van der Waals surface area contributed by atoms with Crippen molar-refractivity contribution >= 4 is 27.0 Å². The van der Waals surface area contributed by atoms with Crippen LogP contribution in [0.3, 0.4) is 0 Å². The number of anilines is 2. The van der Waals surface area contributed by atoms with Crippen LogP contribution in [-0.4, -0.2) is 47.3 Å². The number of pyridine rings is 1. The predicted molar refractivity (Wildman–Crippen MR) is 133 cm³/mol. The van der Waals surface area contributed by atoms with E-state index in [9.17, 15) is 21.6 Å². The van der Waals surface area contributed by atoms with E-state index < -0.39 is 28.1 Å².